The highest BCUT2D eigenvalue weighted by atomic mass is 35.5. The van der Waals surface area contributed by atoms with Crippen molar-refractivity contribution in [3.63, 3.8) is 0 Å². The van der Waals surface area contributed by atoms with Crippen molar-refractivity contribution in [1.29, 1.82) is 5.26 Å². The van der Waals surface area contributed by atoms with Crippen molar-refractivity contribution in [2.45, 2.75) is 6.04 Å². The second-order valence-corrected chi connectivity index (χ2v) is 3.83. The van der Waals surface area contributed by atoms with Crippen LogP contribution in [0.3, 0.4) is 0 Å². The second kappa shape index (κ2) is 4.52. The Hall–Kier alpha value is -1.24. The highest BCUT2D eigenvalue weighted by Crippen LogP contribution is 2.22. The summed E-state index contributed by atoms with van der Waals surface area (Å²) in [6.07, 6.45) is 0. The Balaban J connectivity index is 2.25. The van der Waals surface area contributed by atoms with Gasteiger partial charge in [-0.15, -0.1) is 0 Å². The maximum absolute atomic E-state index is 8.99. The van der Waals surface area contributed by atoms with Crippen molar-refractivity contribution in [3.8, 4) is 6.07 Å². The standard InChI is InChI=1S/C11H11ClN2O/c12-9-2-1-3-10(6-9)14-4-5-15-8-11(14)7-13/h1-3,6,11H,4-5,8H2. The molecule has 4 heteroatoms. The fourth-order valence-electron chi connectivity index (χ4n) is 1.67. The van der Waals surface area contributed by atoms with Gasteiger partial charge < -0.3 is 9.64 Å². The van der Waals surface area contributed by atoms with E-state index in [4.69, 9.17) is 21.6 Å². The first kappa shape index (κ1) is 10.3. The molecule has 15 heavy (non-hydrogen) atoms. The van der Waals surface area contributed by atoms with E-state index in [1.54, 1.807) is 0 Å². The van der Waals surface area contributed by atoms with E-state index in [1.165, 1.54) is 0 Å². The fourth-order valence-corrected chi connectivity index (χ4v) is 1.86. The maximum Gasteiger partial charge on any atom is 0.140 e. The number of ether oxygens (including phenoxy) is 1. The largest absolute Gasteiger partial charge is 0.376 e. The minimum absolute atomic E-state index is 0.211. The summed E-state index contributed by atoms with van der Waals surface area (Å²) in [6, 6.07) is 9.57. The summed E-state index contributed by atoms with van der Waals surface area (Å²) in [5, 5.41) is 9.68. The molecule has 1 aliphatic rings. The number of morpholine rings is 1. The zero-order chi connectivity index (χ0) is 10.7. The van der Waals surface area contributed by atoms with Crippen LogP contribution in [0, 0.1) is 11.3 Å². The lowest BCUT2D eigenvalue weighted by Crippen LogP contribution is -2.44. The third-order valence-electron chi connectivity index (χ3n) is 2.42. The van der Waals surface area contributed by atoms with Gasteiger partial charge in [-0.2, -0.15) is 5.26 Å². The van der Waals surface area contributed by atoms with Crippen LogP contribution in [0.4, 0.5) is 5.69 Å². The molecule has 1 heterocycles. The van der Waals surface area contributed by atoms with Gasteiger partial charge in [-0.3, -0.25) is 0 Å². The molecule has 0 N–H and O–H groups in total. The maximum atomic E-state index is 8.99. The monoisotopic (exact) mass is 222 g/mol. The van der Waals surface area contributed by atoms with Crippen molar-refractivity contribution in [2.75, 3.05) is 24.7 Å². The SMILES string of the molecule is N#CC1COCCN1c1cccc(Cl)c1. The first-order chi connectivity index (χ1) is 7.31. The van der Waals surface area contributed by atoms with Gasteiger partial charge in [0.05, 0.1) is 19.3 Å². The first-order valence-electron chi connectivity index (χ1n) is 4.81. The Morgan fingerprint density at radius 1 is 1.53 bits per heavy atom. The number of benzene rings is 1. The minimum atomic E-state index is -0.211. The molecule has 1 aromatic rings. The lowest BCUT2D eigenvalue weighted by Gasteiger charge is -2.33. The molecule has 0 saturated carbocycles. The Labute approximate surface area is 93.8 Å². The van der Waals surface area contributed by atoms with Crippen LogP contribution in [0.1, 0.15) is 0 Å². The number of nitriles is 1. The van der Waals surface area contributed by atoms with Crippen LogP contribution in [0.25, 0.3) is 0 Å². The molecular formula is C11H11ClN2O. The van der Waals surface area contributed by atoms with Gasteiger partial charge in [0, 0.05) is 17.3 Å². The van der Waals surface area contributed by atoms with Crippen LogP contribution < -0.4 is 4.90 Å². The molecule has 0 spiro atoms. The Bertz CT molecular complexity index is 388. The number of hydrogen-bond donors (Lipinski definition) is 0. The zero-order valence-electron chi connectivity index (χ0n) is 8.19. The van der Waals surface area contributed by atoms with E-state index in [0.717, 1.165) is 12.2 Å². The lowest BCUT2D eigenvalue weighted by atomic mass is 10.2. The summed E-state index contributed by atoms with van der Waals surface area (Å²) in [4.78, 5) is 2.02. The summed E-state index contributed by atoms with van der Waals surface area (Å²) in [6.45, 7) is 1.85. The van der Waals surface area contributed by atoms with Crippen molar-refractivity contribution in [2.24, 2.45) is 0 Å². The van der Waals surface area contributed by atoms with E-state index in [1.807, 2.05) is 29.2 Å². The smallest absolute Gasteiger partial charge is 0.140 e. The third-order valence-corrected chi connectivity index (χ3v) is 2.65. The molecule has 1 fully saturated rings. The van der Waals surface area contributed by atoms with Gasteiger partial charge in [0.15, 0.2) is 0 Å². The van der Waals surface area contributed by atoms with E-state index < -0.39 is 0 Å². The molecule has 0 radical (unpaired) electrons. The highest BCUT2D eigenvalue weighted by molar-refractivity contribution is 6.30. The minimum Gasteiger partial charge on any atom is -0.376 e. The van der Waals surface area contributed by atoms with Gasteiger partial charge >= 0.3 is 0 Å². The van der Waals surface area contributed by atoms with Crippen LogP contribution in [0.5, 0.6) is 0 Å². The summed E-state index contributed by atoms with van der Waals surface area (Å²) >= 11 is 5.91. The number of anilines is 1. The highest BCUT2D eigenvalue weighted by Gasteiger charge is 2.22. The van der Waals surface area contributed by atoms with Crippen LogP contribution >= 0.6 is 11.6 Å². The molecule has 0 amide bonds. The fraction of sp³-hybridized carbons (Fsp3) is 0.364. The number of rotatable bonds is 1. The molecule has 1 aliphatic heterocycles. The molecule has 3 nitrogen and oxygen atoms in total. The lowest BCUT2D eigenvalue weighted by molar-refractivity contribution is 0.107. The van der Waals surface area contributed by atoms with Crippen molar-refractivity contribution in [1.82, 2.24) is 0 Å². The Kier molecular flexibility index (Phi) is 3.10. The summed E-state index contributed by atoms with van der Waals surface area (Å²) in [5.41, 5.74) is 0.984. The normalized spacial score (nSPS) is 21.1. The summed E-state index contributed by atoms with van der Waals surface area (Å²) in [5.74, 6) is 0. The topological polar surface area (TPSA) is 36.3 Å². The van der Waals surface area contributed by atoms with E-state index >= 15 is 0 Å². The molecule has 1 saturated heterocycles. The zero-order valence-corrected chi connectivity index (χ0v) is 8.94. The number of hydrogen-bond acceptors (Lipinski definition) is 3. The molecule has 1 atom stereocenters. The molecule has 0 aromatic heterocycles. The van der Waals surface area contributed by atoms with Crippen LogP contribution in [-0.4, -0.2) is 25.8 Å². The van der Waals surface area contributed by atoms with Crippen molar-refractivity contribution < 1.29 is 4.74 Å². The van der Waals surface area contributed by atoms with Gasteiger partial charge in [0.1, 0.15) is 6.04 Å². The van der Waals surface area contributed by atoms with E-state index in [-0.39, 0.29) is 6.04 Å². The predicted molar refractivity (Wildman–Crippen MR) is 59.0 cm³/mol. The first-order valence-corrected chi connectivity index (χ1v) is 5.18. The third kappa shape index (κ3) is 2.23. The summed E-state index contributed by atoms with van der Waals surface area (Å²) < 4.78 is 5.26. The van der Waals surface area contributed by atoms with Crippen molar-refractivity contribution >= 4 is 17.3 Å². The summed E-state index contributed by atoms with van der Waals surface area (Å²) in [7, 11) is 0. The quantitative estimate of drug-likeness (QED) is 0.730. The van der Waals surface area contributed by atoms with E-state index in [2.05, 4.69) is 6.07 Å². The molecule has 0 aliphatic carbocycles. The molecular weight excluding hydrogens is 212 g/mol. The van der Waals surface area contributed by atoms with E-state index in [0.29, 0.717) is 18.2 Å². The average Bonchev–Trinajstić information content (AvgIpc) is 2.29. The van der Waals surface area contributed by atoms with E-state index in [9.17, 15) is 0 Å². The number of halogens is 1. The van der Waals surface area contributed by atoms with Gasteiger partial charge in [0.2, 0.25) is 0 Å². The van der Waals surface area contributed by atoms with Gasteiger partial charge in [-0.25, -0.2) is 0 Å². The van der Waals surface area contributed by atoms with Crippen LogP contribution in [0.2, 0.25) is 5.02 Å². The molecule has 0 bridgehead atoms. The average molecular weight is 223 g/mol. The number of nitrogens with zero attached hydrogens (tertiary/aromatic N) is 2. The molecule has 1 unspecified atom stereocenters. The van der Waals surface area contributed by atoms with Gasteiger partial charge in [0.25, 0.3) is 0 Å². The Morgan fingerprint density at radius 3 is 3.13 bits per heavy atom. The molecule has 78 valence electrons. The van der Waals surface area contributed by atoms with Gasteiger partial charge in [-0.05, 0) is 18.2 Å². The molecule has 1 aromatic carbocycles. The predicted octanol–water partition coefficient (Wildman–Crippen LogP) is 2.07. The molecule has 2 rings (SSSR count). The van der Waals surface area contributed by atoms with Crippen molar-refractivity contribution in [3.05, 3.63) is 29.3 Å². The second-order valence-electron chi connectivity index (χ2n) is 3.39. The Morgan fingerprint density at radius 2 is 2.40 bits per heavy atom. The van der Waals surface area contributed by atoms with Gasteiger partial charge in [-0.1, -0.05) is 17.7 Å². The van der Waals surface area contributed by atoms with Crippen LogP contribution in [-0.2, 0) is 4.74 Å². The van der Waals surface area contributed by atoms with Crippen LogP contribution in [0.15, 0.2) is 24.3 Å².